The summed E-state index contributed by atoms with van der Waals surface area (Å²) in [6.45, 7) is 1.37. The first-order valence-electron chi connectivity index (χ1n) is 6.12. The highest BCUT2D eigenvalue weighted by Crippen LogP contribution is 2.28. The SMILES string of the molecule is CNCCC(=O)N(Cc1nccn1C)C1CC1. The van der Waals surface area contributed by atoms with Gasteiger partial charge in [-0.2, -0.15) is 0 Å². The molecule has 0 bridgehead atoms. The maximum Gasteiger partial charge on any atom is 0.224 e. The number of rotatable bonds is 6. The smallest absolute Gasteiger partial charge is 0.224 e. The Morgan fingerprint density at radius 2 is 2.41 bits per heavy atom. The van der Waals surface area contributed by atoms with Crippen LogP contribution in [0.3, 0.4) is 0 Å². The van der Waals surface area contributed by atoms with Crippen LogP contribution in [-0.2, 0) is 18.4 Å². The molecule has 1 aromatic heterocycles. The topological polar surface area (TPSA) is 50.2 Å². The van der Waals surface area contributed by atoms with Crippen LogP contribution in [0.1, 0.15) is 25.1 Å². The molecule has 1 aromatic rings. The standard InChI is InChI=1S/C12H20N4O/c1-13-6-5-12(17)16(10-3-4-10)9-11-14-7-8-15(11)2/h7-8,10,13H,3-6,9H2,1-2H3. The molecule has 0 atom stereocenters. The molecule has 0 unspecified atom stereocenters. The molecule has 0 radical (unpaired) electrons. The number of hydrogen-bond acceptors (Lipinski definition) is 3. The number of carbonyl (C=O) groups is 1. The van der Waals surface area contributed by atoms with Crippen molar-refractivity contribution < 1.29 is 4.79 Å². The second kappa shape index (κ2) is 5.31. The predicted octanol–water partition coefficient (Wildman–Crippen LogP) is 0.521. The molecule has 1 aliphatic carbocycles. The summed E-state index contributed by atoms with van der Waals surface area (Å²) in [6.07, 6.45) is 6.53. The highest BCUT2D eigenvalue weighted by Gasteiger charge is 2.32. The van der Waals surface area contributed by atoms with Gasteiger partial charge in [0, 0.05) is 38.4 Å². The molecule has 5 heteroatoms. The van der Waals surface area contributed by atoms with E-state index in [2.05, 4.69) is 10.3 Å². The molecule has 1 fully saturated rings. The summed E-state index contributed by atoms with van der Waals surface area (Å²) in [5, 5.41) is 3.01. The normalized spacial score (nSPS) is 14.9. The molecule has 1 N–H and O–H groups in total. The lowest BCUT2D eigenvalue weighted by Gasteiger charge is -2.22. The molecule has 0 aliphatic heterocycles. The van der Waals surface area contributed by atoms with Gasteiger partial charge in [0.2, 0.25) is 5.91 Å². The fourth-order valence-electron chi connectivity index (χ4n) is 1.88. The third kappa shape index (κ3) is 3.06. The van der Waals surface area contributed by atoms with Gasteiger partial charge in [-0.25, -0.2) is 4.98 Å². The number of nitrogens with zero attached hydrogens (tertiary/aromatic N) is 3. The summed E-state index contributed by atoms with van der Waals surface area (Å²) in [7, 11) is 3.83. The molecular weight excluding hydrogens is 216 g/mol. The Labute approximate surface area is 102 Å². The van der Waals surface area contributed by atoms with Gasteiger partial charge in [0.15, 0.2) is 0 Å². The fourth-order valence-corrected chi connectivity index (χ4v) is 1.88. The zero-order chi connectivity index (χ0) is 12.3. The van der Waals surface area contributed by atoms with Gasteiger partial charge in [0.1, 0.15) is 5.82 Å². The number of imidazole rings is 1. The van der Waals surface area contributed by atoms with Gasteiger partial charge in [-0.1, -0.05) is 0 Å². The van der Waals surface area contributed by atoms with Crippen molar-refractivity contribution in [2.75, 3.05) is 13.6 Å². The van der Waals surface area contributed by atoms with E-state index in [1.54, 1.807) is 6.20 Å². The van der Waals surface area contributed by atoms with Gasteiger partial charge in [0.05, 0.1) is 6.54 Å². The summed E-state index contributed by atoms with van der Waals surface area (Å²) in [6, 6.07) is 0.441. The number of nitrogens with one attached hydrogen (secondary N) is 1. The zero-order valence-electron chi connectivity index (χ0n) is 10.5. The van der Waals surface area contributed by atoms with Gasteiger partial charge in [-0.05, 0) is 19.9 Å². The summed E-state index contributed by atoms with van der Waals surface area (Å²) in [5.74, 6) is 1.18. The van der Waals surface area contributed by atoms with Crippen molar-refractivity contribution in [3.8, 4) is 0 Å². The third-order valence-electron chi connectivity index (χ3n) is 3.13. The van der Waals surface area contributed by atoms with Gasteiger partial charge in [0.25, 0.3) is 0 Å². The van der Waals surface area contributed by atoms with Crippen LogP contribution >= 0.6 is 0 Å². The highest BCUT2D eigenvalue weighted by molar-refractivity contribution is 5.77. The third-order valence-corrected chi connectivity index (χ3v) is 3.13. The Bertz CT molecular complexity index is 384. The van der Waals surface area contributed by atoms with Crippen molar-refractivity contribution >= 4 is 5.91 Å². The molecule has 1 aliphatic rings. The lowest BCUT2D eigenvalue weighted by atomic mass is 10.3. The van der Waals surface area contributed by atoms with E-state index < -0.39 is 0 Å². The summed E-state index contributed by atoms with van der Waals surface area (Å²) in [5.41, 5.74) is 0. The van der Waals surface area contributed by atoms with E-state index in [1.165, 1.54) is 0 Å². The minimum atomic E-state index is 0.227. The van der Waals surface area contributed by atoms with E-state index in [1.807, 2.05) is 29.8 Å². The first-order valence-corrected chi connectivity index (χ1v) is 6.12. The molecule has 17 heavy (non-hydrogen) atoms. The first kappa shape index (κ1) is 12.1. The van der Waals surface area contributed by atoms with Crippen molar-refractivity contribution in [3.05, 3.63) is 18.2 Å². The number of aryl methyl sites for hydroxylation is 1. The lowest BCUT2D eigenvalue weighted by molar-refractivity contribution is -0.132. The van der Waals surface area contributed by atoms with Crippen molar-refractivity contribution in [2.24, 2.45) is 7.05 Å². The number of aromatic nitrogens is 2. The molecular formula is C12H20N4O. The van der Waals surface area contributed by atoms with Crippen LogP contribution in [0, 0.1) is 0 Å². The van der Waals surface area contributed by atoms with Gasteiger partial charge in [-0.15, -0.1) is 0 Å². The molecule has 0 spiro atoms. The number of amides is 1. The largest absolute Gasteiger partial charge is 0.337 e. The van der Waals surface area contributed by atoms with Crippen molar-refractivity contribution in [2.45, 2.75) is 31.8 Å². The van der Waals surface area contributed by atoms with E-state index in [9.17, 15) is 4.79 Å². The van der Waals surface area contributed by atoms with E-state index in [0.717, 1.165) is 25.2 Å². The van der Waals surface area contributed by atoms with Crippen LogP contribution in [0.15, 0.2) is 12.4 Å². The molecule has 2 rings (SSSR count). The van der Waals surface area contributed by atoms with Crippen LogP contribution in [0.4, 0.5) is 0 Å². The Balaban J connectivity index is 1.98. The van der Waals surface area contributed by atoms with Crippen LogP contribution < -0.4 is 5.32 Å². The maximum absolute atomic E-state index is 12.1. The quantitative estimate of drug-likeness (QED) is 0.783. The van der Waals surface area contributed by atoms with Crippen molar-refractivity contribution in [1.82, 2.24) is 19.8 Å². The first-order chi connectivity index (χ1) is 8.22. The van der Waals surface area contributed by atoms with E-state index in [4.69, 9.17) is 0 Å². The molecule has 0 aromatic carbocycles. The van der Waals surface area contributed by atoms with E-state index in [0.29, 0.717) is 19.0 Å². The molecule has 1 heterocycles. The zero-order valence-corrected chi connectivity index (χ0v) is 10.5. The Kier molecular flexibility index (Phi) is 3.78. The monoisotopic (exact) mass is 236 g/mol. The second-order valence-electron chi connectivity index (χ2n) is 4.56. The van der Waals surface area contributed by atoms with Crippen molar-refractivity contribution in [1.29, 1.82) is 0 Å². The number of hydrogen-bond donors (Lipinski definition) is 1. The Morgan fingerprint density at radius 1 is 1.65 bits per heavy atom. The summed E-state index contributed by atoms with van der Waals surface area (Å²) >= 11 is 0. The molecule has 94 valence electrons. The second-order valence-corrected chi connectivity index (χ2v) is 4.56. The predicted molar refractivity (Wildman–Crippen MR) is 65.3 cm³/mol. The molecule has 0 saturated heterocycles. The average Bonchev–Trinajstić information content (AvgIpc) is 3.08. The van der Waals surface area contributed by atoms with Crippen LogP contribution in [0.5, 0.6) is 0 Å². The number of carbonyl (C=O) groups excluding carboxylic acids is 1. The average molecular weight is 236 g/mol. The maximum atomic E-state index is 12.1. The lowest BCUT2D eigenvalue weighted by Crippen LogP contribution is -2.35. The summed E-state index contributed by atoms with van der Waals surface area (Å²) in [4.78, 5) is 18.3. The minimum absolute atomic E-state index is 0.227. The Morgan fingerprint density at radius 3 is 2.94 bits per heavy atom. The highest BCUT2D eigenvalue weighted by atomic mass is 16.2. The summed E-state index contributed by atoms with van der Waals surface area (Å²) < 4.78 is 1.97. The fraction of sp³-hybridized carbons (Fsp3) is 0.667. The van der Waals surface area contributed by atoms with Gasteiger partial charge in [-0.3, -0.25) is 4.79 Å². The van der Waals surface area contributed by atoms with Crippen LogP contribution in [0.2, 0.25) is 0 Å². The van der Waals surface area contributed by atoms with E-state index >= 15 is 0 Å². The van der Waals surface area contributed by atoms with Crippen LogP contribution in [-0.4, -0.2) is 40.0 Å². The van der Waals surface area contributed by atoms with Gasteiger partial charge >= 0.3 is 0 Å². The molecule has 5 nitrogen and oxygen atoms in total. The van der Waals surface area contributed by atoms with Crippen molar-refractivity contribution in [3.63, 3.8) is 0 Å². The molecule has 1 amide bonds. The van der Waals surface area contributed by atoms with Crippen LogP contribution in [0.25, 0.3) is 0 Å². The molecule has 1 saturated carbocycles. The van der Waals surface area contributed by atoms with E-state index in [-0.39, 0.29) is 5.91 Å². The Hall–Kier alpha value is -1.36. The van der Waals surface area contributed by atoms with Gasteiger partial charge < -0.3 is 14.8 Å². The minimum Gasteiger partial charge on any atom is -0.337 e.